The van der Waals surface area contributed by atoms with Gasteiger partial charge in [-0.3, -0.25) is 4.79 Å². The summed E-state index contributed by atoms with van der Waals surface area (Å²) in [4.78, 5) is 14.8. The van der Waals surface area contributed by atoms with E-state index in [0.717, 1.165) is 51.7 Å². The van der Waals surface area contributed by atoms with E-state index in [4.69, 9.17) is 10.5 Å². The molecule has 1 heterocycles. The summed E-state index contributed by atoms with van der Waals surface area (Å²) in [5.74, 6) is 0.241. The predicted molar refractivity (Wildman–Crippen MR) is 77.9 cm³/mol. The van der Waals surface area contributed by atoms with Gasteiger partial charge in [0.2, 0.25) is 5.91 Å². The Bertz CT molecular complexity index is 269. The van der Waals surface area contributed by atoms with Gasteiger partial charge < -0.3 is 15.4 Å². The van der Waals surface area contributed by atoms with Gasteiger partial charge in [-0.25, -0.2) is 0 Å². The lowest BCUT2D eigenvalue weighted by atomic mass is 9.77. The van der Waals surface area contributed by atoms with Crippen LogP contribution in [0.2, 0.25) is 0 Å². The van der Waals surface area contributed by atoms with Gasteiger partial charge in [0.1, 0.15) is 0 Å². The standard InChI is InChI=1S/C15H30N2O2/c1-4-8-15(12-16,9-5-2)14(18)17(3)13-6-10-19-11-7-13/h13H,4-12,16H2,1-3H3. The number of nitrogens with zero attached hydrogens (tertiary/aromatic N) is 1. The number of ether oxygens (including phenoxy) is 1. The van der Waals surface area contributed by atoms with Gasteiger partial charge in [0, 0.05) is 32.8 Å². The molecule has 0 aromatic rings. The number of hydrogen-bond acceptors (Lipinski definition) is 3. The fourth-order valence-corrected chi connectivity index (χ4v) is 3.20. The summed E-state index contributed by atoms with van der Waals surface area (Å²) in [6.45, 7) is 6.24. The number of carbonyl (C=O) groups is 1. The van der Waals surface area contributed by atoms with E-state index in [9.17, 15) is 4.79 Å². The van der Waals surface area contributed by atoms with Crippen molar-refractivity contribution >= 4 is 5.91 Å². The van der Waals surface area contributed by atoms with Crippen LogP contribution in [0.25, 0.3) is 0 Å². The first-order valence-electron chi connectivity index (χ1n) is 7.66. The van der Waals surface area contributed by atoms with E-state index in [1.165, 1.54) is 0 Å². The second-order valence-corrected chi connectivity index (χ2v) is 5.74. The fraction of sp³-hybridized carbons (Fsp3) is 0.933. The molecule has 0 saturated carbocycles. The molecule has 1 aliphatic rings. The van der Waals surface area contributed by atoms with Crippen LogP contribution >= 0.6 is 0 Å². The van der Waals surface area contributed by atoms with E-state index in [2.05, 4.69) is 13.8 Å². The van der Waals surface area contributed by atoms with E-state index in [1.54, 1.807) is 0 Å². The first kappa shape index (κ1) is 16.4. The molecule has 1 saturated heterocycles. The maximum Gasteiger partial charge on any atom is 0.230 e. The SMILES string of the molecule is CCCC(CN)(CCC)C(=O)N(C)C1CCOCC1. The minimum atomic E-state index is -0.351. The fourth-order valence-electron chi connectivity index (χ4n) is 3.20. The van der Waals surface area contributed by atoms with Gasteiger partial charge in [-0.15, -0.1) is 0 Å². The number of nitrogens with two attached hydrogens (primary N) is 1. The van der Waals surface area contributed by atoms with Crippen LogP contribution in [0, 0.1) is 5.41 Å². The Balaban J connectivity index is 2.78. The third kappa shape index (κ3) is 3.93. The molecule has 0 radical (unpaired) electrons. The lowest BCUT2D eigenvalue weighted by molar-refractivity contribution is -0.145. The van der Waals surface area contributed by atoms with Crippen LogP contribution in [0.3, 0.4) is 0 Å². The summed E-state index contributed by atoms with van der Waals surface area (Å²) < 4.78 is 5.37. The number of carbonyl (C=O) groups excluding carboxylic acids is 1. The van der Waals surface area contributed by atoms with Gasteiger partial charge in [-0.2, -0.15) is 0 Å². The first-order chi connectivity index (χ1) is 9.11. The van der Waals surface area contributed by atoms with E-state index >= 15 is 0 Å². The van der Waals surface area contributed by atoms with Crippen LogP contribution < -0.4 is 5.73 Å². The molecule has 0 spiro atoms. The molecular formula is C15H30N2O2. The van der Waals surface area contributed by atoms with Crippen molar-refractivity contribution in [2.24, 2.45) is 11.1 Å². The Kier molecular flexibility index (Phi) is 6.80. The van der Waals surface area contributed by atoms with Gasteiger partial charge in [0.25, 0.3) is 0 Å². The molecule has 0 unspecified atom stereocenters. The predicted octanol–water partition coefficient (Wildman–Crippen LogP) is 2.17. The highest BCUT2D eigenvalue weighted by Crippen LogP contribution is 2.32. The molecule has 4 heteroatoms. The van der Waals surface area contributed by atoms with Crippen molar-refractivity contribution in [2.45, 2.75) is 58.4 Å². The number of hydrogen-bond donors (Lipinski definition) is 1. The normalized spacial score (nSPS) is 17.5. The molecule has 4 nitrogen and oxygen atoms in total. The zero-order chi connectivity index (χ0) is 14.3. The third-order valence-corrected chi connectivity index (χ3v) is 4.36. The van der Waals surface area contributed by atoms with Crippen LogP contribution in [0.4, 0.5) is 0 Å². The Labute approximate surface area is 117 Å². The highest BCUT2D eigenvalue weighted by atomic mass is 16.5. The van der Waals surface area contributed by atoms with E-state index in [0.29, 0.717) is 12.6 Å². The molecule has 1 fully saturated rings. The number of rotatable bonds is 7. The van der Waals surface area contributed by atoms with Gasteiger partial charge in [0.05, 0.1) is 5.41 Å². The Morgan fingerprint density at radius 1 is 1.26 bits per heavy atom. The lowest BCUT2D eigenvalue weighted by Gasteiger charge is -2.39. The number of amides is 1. The smallest absolute Gasteiger partial charge is 0.230 e. The summed E-state index contributed by atoms with van der Waals surface area (Å²) in [6.07, 6.45) is 5.69. The van der Waals surface area contributed by atoms with Crippen LogP contribution in [0.1, 0.15) is 52.4 Å². The van der Waals surface area contributed by atoms with Crippen LogP contribution in [0.5, 0.6) is 0 Å². The van der Waals surface area contributed by atoms with Gasteiger partial charge >= 0.3 is 0 Å². The first-order valence-corrected chi connectivity index (χ1v) is 7.66. The topological polar surface area (TPSA) is 55.6 Å². The van der Waals surface area contributed by atoms with Gasteiger partial charge in [-0.05, 0) is 25.7 Å². The molecule has 0 atom stereocenters. The molecular weight excluding hydrogens is 240 g/mol. The van der Waals surface area contributed by atoms with Crippen molar-refractivity contribution in [1.82, 2.24) is 4.90 Å². The van der Waals surface area contributed by atoms with Gasteiger partial charge in [-0.1, -0.05) is 26.7 Å². The molecule has 1 amide bonds. The second kappa shape index (κ2) is 7.85. The Morgan fingerprint density at radius 2 is 1.79 bits per heavy atom. The van der Waals surface area contributed by atoms with Crippen molar-refractivity contribution in [1.29, 1.82) is 0 Å². The maximum absolute atomic E-state index is 12.9. The highest BCUT2D eigenvalue weighted by molar-refractivity contribution is 5.83. The summed E-state index contributed by atoms with van der Waals surface area (Å²) in [6, 6.07) is 0.320. The molecule has 2 N–H and O–H groups in total. The largest absolute Gasteiger partial charge is 0.381 e. The third-order valence-electron chi connectivity index (χ3n) is 4.36. The summed E-state index contributed by atoms with van der Waals surface area (Å²) in [5.41, 5.74) is 5.63. The Hall–Kier alpha value is -0.610. The minimum Gasteiger partial charge on any atom is -0.381 e. The highest BCUT2D eigenvalue weighted by Gasteiger charge is 2.39. The molecule has 0 bridgehead atoms. The second-order valence-electron chi connectivity index (χ2n) is 5.74. The molecule has 112 valence electrons. The molecule has 1 aliphatic heterocycles. The monoisotopic (exact) mass is 270 g/mol. The minimum absolute atomic E-state index is 0.241. The molecule has 0 aromatic carbocycles. The molecule has 0 aromatic heterocycles. The lowest BCUT2D eigenvalue weighted by Crippen LogP contribution is -2.51. The summed E-state index contributed by atoms with van der Waals surface area (Å²) in [5, 5.41) is 0. The molecule has 1 rings (SSSR count). The van der Waals surface area contributed by atoms with Crippen molar-refractivity contribution in [3.05, 3.63) is 0 Å². The van der Waals surface area contributed by atoms with Crippen molar-refractivity contribution in [2.75, 3.05) is 26.8 Å². The zero-order valence-electron chi connectivity index (χ0n) is 12.8. The summed E-state index contributed by atoms with van der Waals surface area (Å²) >= 11 is 0. The zero-order valence-corrected chi connectivity index (χ0v) is 12.8. The quantitative estimate of drug-likeness (QED) is 0.771. The van der Waals surface area contributed by atoms with Crippen LogP contribution in [-0.2, 0) is 9.53 Å². The average Bonchev–Trinajstić information content (AvgIpc) is 2.46. The average molecular weight is 270 g/mol. The maximum atomic E-state index is 12.9. The van der Waals surface area contributed by atoms with Crippen molar-refractivity contribution in [3.8, 4) is 0 Å². The van der Waals surface area contributed by atoms with Crippen LogP contribution in [0.15, 0.2) is 0 Å². The van der Waals surface area contributed by atoms with E-state index in [1.807, 2.05) is 11.9 Å². The van der Waals surface area contributed by atoms with E-state index in [-0.39, 0.29) is 11.3 Å². The van der Waals surface area contributed by atoms with Crippen LogP contribution in [-0.4, -0.2) is 43.7 Å². The van der Waals surface area contributed by atoms with E-state index < -0.39 is 0 Å². The molecule has 19 heavy (non-hydrogen) atoms. The molecule has 0 aliphatic carbocycles. The Morgan fingerprint density at radius 3 is 2.21 bits per heavy atom. The van der Waals surface area contributed by atoms with Crippen molar-refractivity contribution in [3.63, 3.8) is 0 Å². The summed E-state index contributed by atoms with van der Waals surface area (Å²) in [7, 11) is 1.94. The van der Waals surface area contributed by atoms with Gasteiger partial charge in [0.15, 0.2) is 0 Å². The van der Waals surface area contributed by atoms with Crippen molar-refractivity contribution < 1.29 is 9.53 Å².